The van der Waals surface area contributed by atoms with E-state index >= 15 is 0 Å². The van der Waals surface area contributed by atoms with Crippen LogP contribution in [0.3, 0.4) is 0 Å². The molecule has 4 aliphatic heterocycles. The predicted molar refractivity (Wildman–Crippen MR) is 163 cm³/mol. The monoisotopic (exact) mass is 609 g/mol. The fraction of sp³-hybridized carbons (Fsp3) is 0.688. The molecule has 0 aliphatic carbocycles. The summed E-state index contributed by atoms with van der Waals surface area (Å²) in [6, 6.07) is 4.37. The molecule has 4 aliphatic rings. The quantitative estimate of drug-likeness (QED) is 0.492. The van der Waals surface area contributed by atoms with E-state index in [1.54, 1.807) is 12.4 Å². The SMILES string of the molecule is CC1(C)CCCCc2cccc3c2CN(C3)C(=O)O[C@@H]2C[C@@H](C(=O)N[C@H]3[B]OCC3)N(C2)C(=O)[C@H](C(C)(C)C)NC(=O)OC1. The van der Waals surface area contributed by atoms with Crippen LogP contribution in [0.5, 0.6) is 0 Å². The van der Waals surface area contributed by atoms with Gasteiger partial charge in [0.25, 0.3) is 0 Å². The summed E-state index contributed by atoms with van der Waals surface area (Å²) >= 11 is 0. The van der Waals surface area contributed by atoms with E-state index in [0.29, 0.717) is 26.1 Å². The zero-order valence-electron chi connectivity index (χ0n) is 26.6. The van der Waals surface area contributed by atoms with Crippen molar-refractivity contribution in [3.63, 3.8) is 0 Å². The minimum absolute atomic E-state index is 0.0376. The number of benzene rings is 1. The summed E-state index contributed by atoms with van der Waals surface area (Å²) in [7, 11) is 1.59. The smallest absolute Gasteiger partial charge is 0.410 e. The van der Waals surface area contributed by atoms with E-state index in [1.807, 2.05) is 26.8 Å². The molecule has 1 aromatic carbocycles. The lowest BCUT2D eigenvalue weighted by atomic mass is 9.85. The van der Waals surface area contributed by atoms with Crippen LogP contribution in [-0.4, -0.2) is 85.2 Å². The second kappa shape index (κ2) is 13.0. The number of hydrogen-bond acceptors (Lipinski definition) is 7. The van der Waals surface area contributed by atoms with Gasteiger partial charge in [-0.3, -0.25) is 14.5 Å². The summed E-state index contributed by atoms with van der Waals surface area (Å²) in [4.78, 5) is 57.3. The standard InChI is InChI=1S/C32H46BN4O7/c1-31(2,3)26-28(39)37-17-22(15-24(37)27(38)34-25-12-14-43-33-25)44-30(41)36-16-21-11-8-10-20(23(21)18-36)9-6-7-13-32(4,5)19-42-29(40)35-26/h8,10-11,22,24-26H,6-7,9,12-19H2,1-5H3,(H,34,38)(H,35,40)/t22-,24+,25-,26-/m1/s1. The molecule has 4 bridgehead atoms. The number of fused-ring (bicyclic) bond motifs is 3. The van der Waals surface area contributed by atoms with E-state index in [0.717, 1.165) is 31.2 Å². The highest BCUT2D eigenvalue weighted by Crippen LogP contribution is 2.32. The second-order valence-electron chi connectivity index (χ2n) is 14.5. The van der Waals surface area contributed by atoms with Crippen molar-refractivity contribution in [3.8, 4) is 0 Å². The van der Waals surface area contributed by atoms with Gasteiger partial charge in [-0.05, 0) is 53.2 Å². The first-order valence-corrected chi connectivity index (χ1v) is 15.8. The second-order valence-corrected chi connectivity index (χ2v) is 14.5. The number of cyclic esters (lactones) is 1. The number of nitrogens with one attached hydrogen (secondary N) is 2. The van der Waals surface area contributed by atoms with Crippen LogP contribution in [0.2, 0.25) is 0 Å². The number of hydrogen-bond donors (Lipinski definition) is 2. The van der Waals surface area contributed by atoms with Crippen LogP contribution in [-0.2, 0) is 43.2 Å². The van der Waals surface area contributed by atoms with Gasteiger partial charge in [0.2, 0.25) is 11.8 Å². The molecule has 0 unspecified atom stereocenters. The predicted octanol–water partition coefficient (Wildman–Crippen LogP) is 3.48. The maximum atomic E-state index is 14.2. The van der Waals surface area contributed by atoms with Crippen LogP contribution in [0, 0.1) is 10.8 Å². The summed E-state index contributed by atoms with van der Waals surface area (Å²) < 4.78 is 16.9. The molecular weight excluding hydrogens is 563 g/mol. The van der Waals surface area contributed by atoms with Gasteiger partial charge < -0.3 is 29.7 Å². The fourth-order valence-corrected chi connectivity index (χ4v) is 6.51. The molecule has 0 aromatic heterocycles. The van der Waals surface area contributed by atoms with E-state index < -0.39 is 41.7 Å². The molecule has 1 aromatic rings. The summed E-state index contributed by atoms with van der Waals surface area (Å²) in [5, 5.41) is 5.74. The van der Waals surface area contributed by atoms with Crippen molar-refractivity contribution in [1.29, 1.82) is 0 Å². The number of amides is 4. The van der Waals surface area contributed by atoms with E-state index in [4.69, 9.17) is 14.1 Å². The average molecular weight is 610 g/mol. The summed E-state index contributed by atoms with van der Waals surface area (Å²) in [6.07, 6.45) is 2.66. The normalized spacial score (nSPS) is 28.1. The number of ether oxygens (including phenoxy) is 2. The molecule has 2 N–H and O–H groups in total. The van der Waals surface area contributed by atoms with Crippen molar-refractivity contribution >= 4 is 31.5 Å². The van der Waals surface area contributed by atoms with Gasteiger partial charge in [-0.2, -0.15) is 0 Å². The first-order valence-electron chi connectivity index (χ1n) is 15.8. The lowest BCUT2D eigenvalue weighted by molar-refractivity contribution is -0.142. The van der Waals surface area contributed by atoms with Crippen molar-refractivity contribution in [2.45, 2.75) is 110 Å². The van der Waals surface area contributed by atoms with Gasteiger partial charge >= 0.3 is 19.7 Å². The summed E-state index contributed by atoms with van der Waals surface area (Å²) in [6.45, 7) is 11.4. The Hall–Kier alpha value is -3.28. The third-order valence-electron chi connectivity index (χ3n) is 9.11. The number of carbonyl (C=O) groups excluding carboxylic acids is 4. The Morgan fingerprint density at radius 1 is 1.11 bits per heavy atom. The summed E-state index contributed by atoms with van der Waals surface area (Å²) in [5.41, 5.74) is 2.58. The highest BCUT2D eigenvalue weighted by atomic mass is 16.6. The molecule has 44 heavy (non-hydrogen) atoms. The Kier molecular flexibility index (Phi) is 9.48. The first-order chi connectivity index (χ1) is 20.8. The third kappa shape index (κ3) is 7.50. The van der Waals surface area contributed by atoms with Gasteiger partial charge in [0.05, 0.1) is 13.2 Å². The van der Waals surface area contributed by atoms with Crippen LogP contribution in [0.1, 0.15) is 83.4 Å². The van der Waals surface area contributed by atoms with Crippen LogP contribution in [0.25, 0.3) is 0 Å². The van der Waals surface area contributed by atoms with Crippen LogP contribution >= 0.6 is 0 Å². The van der Waals surface area contributed by atoms with Gasteiger partial charge in [-0.1, -0.05) is 59.2 Å². The third-order valence-corrected chi connectivity index (χ3v) is 9.11. The molecule has 5 rings (SSSR count). The summed E-state index contributed by atoms with van der Waals surface area (Å²) in [5.74, 6) is -1.04. The minimum atomic E-state index is -0.971. The highest BCUT2D eigenvalue weighted by Gasteiger charge is 2.47. The molecule has 4 heterocycles. The minimum Gasteiger partial charge on any atom is -0.449 e. The fourth-order valence-electron chi connectivity index (χ4n) is 6.51. The van der Waals surface area contributed by atoms with Gasteiger partial charge in [-0.15, -0.1) is 0 Å². The molecule has 2 saturated heterocycles. The van der Waals surface area contributed by atoms with Crippen molar-refractivity contribution < 1.29 is 33.3 Å². The van der Waals surface area contributed by atoms with Gasteiger partial charge in [-0.25, -0.2) is 9.59 Å². The zero-order chi connectivity index (χ0) is 31.6. The number of aryl methyl sites for hydroxylation is 1. The number of alkyl carbamates (subject to hydrolysis) is 1. The largest absolute Gasteiger partial charge is 0.449 e. The van der Waals surface area contributed by atoms with E-state index in [1.165, 1.54) is 16.0 Å². The van der Waals surface area contributed by atoms with Crippen molar-refractivity contribution in [2.75, 3.05) is 19.8 Å². The Morgan fingerprint density at radius 3 is 2.61 bits per heavy atom. The van der Waals surface area contributed by atoms with Gasteiger partial charge in [0, 0.05) is 32.1 Å². The first kappa shape index (κ1) is 32.1. The van der Waals surface area contributed by atoms with Crippen molar-refractivity contribution in [2.24, 2.45) is 10.8 Å². The molecule has 11 nitrogen and oxygen atoms in total. The topological polar surface area (TPSA) is 127 Å². The lowest BCUT2D eigenvalue weighted by Gasteiger charge is -2.35. The molecule has 12 heteroatoms. The average Bonchev–Trinajstić information content (AvgIpc) is 3.72. The molecule has 4 atom stereocenters. The molecule has 2 fully saturated rings. The number of rotatable bonds is 2. The Morgan fingerprint density at radius 2 is 1.89 bits per heavy atom. The highest BCUT2D eigenvalue weighted by molar-refractivity contribution is 6.31. The molecule has 239 valence electrons. The Bertz CT molecular complexity index is 1260. The molecule has 4 amide bonds. The van der Waals surface area contributed by atoms with E-state index in [-0.39, 0.29) is 36.8 Å². The molecule has 1 radical (unpaired) electrons. The number of carbonyl (C=O) groups is 4. The zero-order valence-corrected chi connectivity index (χ0v) is 26.6. The molecule has 0 spiro atoms. The Labute approximate surface area is 261 Å². The van der Waals surface area contributed by atoms with E-state index in [9.17, 15) is 19.2 Å². The molecule has 0 saturated carbocycles. The number of nitrogens with zero attached hydrogens (tertiary/aromatic N) is 2. The van der Waals surface area contributed by atoms with Crippen molar-refractivity contribution in [1.82, 2.24) is 20.4 Å². The maximum Gasteiger partial charge on any atom is 0.410 e. The van der Waals surface area contributed by atoms with Crippen LogP contribution in [0.15, 0.2) is 18.2 Å². The van der Waals surface area contributed by atoms with Crippen molar-refractivity contribution in [3.05, 3.63) is 34.9 Å². The molecular formula is C32H46BN4O7. The lowest BCUT2D eigenvalue weighted by Crippen LogP contribution is -2.58. The van der Waals surface area contributed by atoms with Crippen LogP contribution in [0.4, 0.5) is 9.59 Å². The van der Waals surface area contributed by atoms with E-state index in [2.05, 4.69) is 36.6 Å². The Balaban J connectivity index is 1.41. The maximum absolute atomic E-state index is 14.2. The van der Waals surface area contributed by atoms with Crippen LogP contribution < -0.4 is 10.6 Å². The van der Waals surface area contributed by atoms with Gasteiger partial charge in [0.15, 0.2) is 0 Å². The van der Waals surface area contributed by atoms with Gasteiger partial charge in [0.1, 0.15) is 18.2 Å².